The Bertz CT molecular complexity index is 970. The number of amides is 2. The van der Waals surface area contributed by atoms with Gasteiger partial charge in [0, 0.05) is 5.69 Å². The molecule has 0 radical (unpaired) electrons. The lowest BCUT2D eigenvalue weighted by Crippen LogP contribution is -2.29. The van der Waals surface area contributed by atoms with Gasteiger partial charge >= 0.3 is 11.8 Å². The Morgan fingerprint density at radius 1 is 0.724 bits per heavy atom. The van der Waals surface area contributed by atoms with Gasteiger partial charge in [-0.2, -0.15) is 0 Å². The van der Waals surface area contributed by atoms with Gasteiger partial charge in [-0.1, -0.05) is 30.3 Å². The first-order valence-corrected chi connectivity index (χ1v) is 9.22. The van der Waals surface area contributed by atoms with Crippen molar-refractivity contribution in [2.75, 3.05) is 10.6 Å². The standard InChI is InChI=1S/C23H22N2O4/c1-16(2)28-21-11-7-6-10-20(21)25-23(27)22(26)24-17-12-14-19(15-13-17)29-18-8-4-3-5-9-18/h3-16H,1-2H3,(H,24,26)(H,25,27). The van der Waals surface area contributed by atoms with E-state index in [1.165, 1.54) is 0 Å². The normalized spacial score (nSPS) is 10.3. The lowest BCUT2D eigenvalue weighted by molar-refractivity contribution is -0.133. The van der Waals surface area contributed by atoms with Crippen molar-refractivity contribution >= 4 is 23.2 Å². The van der Waals surface area contributed by atoms with E-state index in [0.29, 0.717) is 28.6 Å². The van der Waals surface area contributed by atoms with E-state index in [1.807, 2.05) is 44.2 Å². The molecule has 2 amide bonds. The predicted octanol–water partition coefficient (Wildman–Crippen LogP) is 4.84. The molecule has 0 fully saturated rings. The predicted molar refractivity (Wildman–Crippen MR) is 112 cm³/mol. The average Bonchev–Trinajstić information content (AvgIpc) is 2.71. The van der Waals surface area contributed by atoms with Gasteiger partial charge in [0.1, 0.15) is 17.2 Å². The third kappa shape index (κ3) is 5.84. The van der Waals surface area contributed by atoms with Crippen LogP contribution in [0.15, 0.2) is 78.9 Å². The second-order valence-electron chi connectivity index (χ2n) is 6.51. The number of hydrogen-bond acceptors (Lipinski definition) is 4. The van der Waals surface area contributed by atoms with Crippen LogP contribution >= 0.6 is 0 Å². The lowest BCUT2D eigenvalue weighted by Gasteiger charge is -2.14. The molecule has 0 bridgehead atoms. The van der Waals surface area contributed by atoms with Gasteiger partial charge < -0.3 is 20.1 Å². The van der Waals surface area contributed by atoms with Crippen molar-refractivity contribution in [2.24, 2.45) is 0 Å². The second-order valence-corrected chi connectivity index (χ2v) is 6.51. The summed E-state index contributed by atoms with van der Waals surface area (Å²) in [5, 5.41) is 5.15. The number of rotatable bonds is 6. The summed E-state index contributed by atoms with van der Waals surface area (Å²) in [5.41, 5.74) is 0.922. The minimum Gasteiger partial charge on any atom is -0.489 e. The number of nitrogens with one attached hydrogen (secondary N) is 2. The van der Waals surface area contributed by atoms with Crippen molar-refractivity contribution < 1.29 is 19.1 Å². The quantitative estimate of drug-likeness (QED) is 0.590. The Hall–Kier alpha value is -3.80. The van der Waals surface area contributed by atoms with Crippen molar-refractivity contribution in [3.8, 4) is 17.2 Å². The third-order valence-corrected chi connectivity index (χ3v) is 3.80. The molecule has 0 heterocycles. The van der Waals surface area contributed by atoms with Crippen LogP contribution in [0.5, 0.6) is 17.2 Å². The first-order chi connectivity index (χ1) is 14.0. The lowest BCUT2D eigenvalue weighted by atomic mass is 10.2. The second kappa shape index (κ2) is 9.41. The summed E-state index contributed by atoms with van der Waals surface area (Å²) in [5.74, 6) is 0.283. The summed E-state index contributed by atoms with van der Waals surface area (Å²) in [6.07, 6.45) is -0.0569. The smallest absolute Gasteiger partial charge is 0.314 e. The molecule has 3 rings (SSSR count). The molecular weight excluding hydrogens is 368 g/mol. The zero-order valence-electron chi connectivity index (χ0n) is 16.2. The summed E-state index contributed by atoms with van der Waals surface area (Å²) >= 11 is 0. The molecule has 0 saturated carbocycles. The SMILES string of the molecule is CC(C)Oc1ccccc1NC(=O)C(=O)Nc1ccc(Oc2ccccc2)cc1. The molecule has 6 heteroatoms. The Balaban J connectivity index is 1.59. The van der Waals surface area contributed by atoms with E-state index in [9.17, 15) is 9.59 Å². The fraction of sp³-hybridized carbons (Fsp3) is 0.130. The highest BCUT2D eigenvalue weighted by atomic mass is 16.5. The number of carbonyl (C=O) groups excluding carboxylic acids is 2. The van der Waals surface area contributed by atoms with Crippen molar-refractivity contribution in [2.45, 2.75) is 20.0 Å². The number of para-hydroxylation sites is 3. The summed E-state index contributed by atoms with van der Waals surface area (Å²) in [6.45, 7) is 3.77. The van der Waals surface area contributed by atoms with Crippen LogP contribution in [-0.4, -0.2) is 17.9 Å². The number of benzene rings is 3. The first kappa shape index (κ1) is 19.9. The van der Waals surface area contributed by atoms with Crippen LogP contribution in [0.1, 0.15) is 13.8 Å². The minimum atomic E-state index is -0.783. The Labute approximate surface area is 169 Å². The highest BCUT2D eigenvalue weighted by Gasteiger charge is 2.16. The van der Waals surface area contributed by atoms with Gasteiger partial charge in [0.15, 0.2) is 0 Å². The van der Waals surface area contributed by atoms with Crippen molar-refractivity contribution in [1.29, 1.82) is 0 Å². The maximum absolute atomic E-state index is 12.3. The molecule has 0 aliphatic rings. The molecule has 148 valence electrons. The van der Waals surface area contributed by atoms with Crippen molar-refractivity contribution in [3.05, 3.63) is 78.9 Å². The van der Waals surface area contributed by atoms with Crippen molar-refractivity contribution in [1.82, 2.24) is 0 Å². The van der Waals surface area contributed by atoms with Crippen LogP contribution in [0.25, 0.3) is 0 Å². The van der Waals surface area contributed by atoms with Gasteiger partial charge in [-0.25, -0.2) is 0 Å². The van der Waals surface area contributed by atoms with Crippen molar-refractivity contribution in [3.63, 3.8) is 0 Å². The number of hydrogen-bond donors (Lipinski definition) is 2. The molecule has 0 spiro atoms. The van der Waals surface area contributed by atoms with Crippen LogP contribution in [0.2, 0.25) is 0 Å². The van der Waals surface area contributed by atoms with E-state index in [4.69, 9.17) is 9.47 Å². The third-order valence-electron chi connectivity index (χ3n) is 3.80. The topological polar surface area (TPSA) is 76.7 Å². The van der Waals surface area contributed by atoms with E-state index in [-0.39, 0.29) is 6.10 Å². The Kier molecular flexibility index (Phi) is 6.47. The molecule has 6 nitrogen and oxygen atoms in total. The largest absolute Gasteiger partial charge is 0.489 e. The molecule has 3 aromatic rings. The van der Waals surface area contributed by atoms with Crippen LogP contribution in [0.4, 0.5) is 11.4 Å². The highest BCUT2D eigenvalue weighted by molar-refractivity contribution is 6.43. The highest BCUT2D eigenvalue weighted by Crippen LogP contribution is 2.25. The maximum atomic E-state index is 12.3. The maximum Gasteiger partial charge on any atom is 0.314 e. The molecule has 0 saturated heterocycles. The average molecular weight is 390 g/mol. The van der Waals surface area contributed by atoms with Gasteiger partial charge in [0.05, 0.1) is 11.8 Å². The molecule has 0 aromatic heterocycles. The van der Waals surface area contributed by atoms with Gasteiger partial charge in [-0.3, -0.25) is 9.59 Å². The van der Waals surface area contributed by atoms with E-state index in [1.54, 1.807) is 48.5 Å². The monoisotopic (exact) mass is 390 g/mol. The Morgan fingerprint density at radius 3 is 2.00 bits per heavy atom. The van der Waals surface area contributed by atoms with E-state index < -0.39 is 11.8 Å². The van der Waals surface area contributed by atoms with Crippen LogP contribution < -0.4 is 20.1 Å². The number of anilines is 2. The molecule has 0 aliphatic heterocycles. The Morgan fingerprint density at radius 2 is 1.31 bits per heavy atom. The first-order valence-electron chi connectivity index (χ1n) is 9.22. The molecule has 0 aliphatic carbocycles. The van der Waals surface area contributed by atoms with E-state index in [0.717, 1.165) is 0 Å². The minimum absolute atomic E-state index is 0.0569. The molecule has 29 heavy (non-hydrogen) atoms. The van der Waals surface area contributed by atoms with E-state index in [2.05, 4.69) is 10.6 Å². The van der Waals surface area contributed by atoms with Gasteiger partial charge in [-0.15, -0.1) is 0 Å². The van der Waals surface area contributed by atoms with Crippen LogP contribution in [0.3, 0.4) is 0 Å². The van der Waals surface area contributed by atoms with E-state index >= 15 is 0 Å². The van der Waals surface area contributed by atoms with Gasteiger partial charge in [0.25, 0.3) is 0 Å². The van der Waals surface area contributed by atoms with Gasteiger partial charge in [-0.05, 0) is 62.4 Å². The molecule has 2 N–H and O–H groups in total. The fourth-order valence-corrected chi connectivity index (χ4v) is 2.52. The fourth-order valence-electron chi connectivity index (χ4n) is 2.52. The molecule has 0 unspecified atom stereocenters. The number of carbonyl (C=O) groups is 2. The number of ether oxygens (including phenoxy) is 2. The summed E-state index contributed by atoms with van der Waals surface area (Å²) in [7, 11) is 0. The van der Waals surface area contributed by atoms with Crippen LogP contribution in [0, 0.1) is 0 Å². The summed E-state index contributed by atoms with van der Waals surface area (Å²) in [6, 6.07) is 23.1. The molecule has 0 atom stereocenters. The zero-order chi connectivity index (χ0) is 20.6. The van der Waals surface area contributed by atoms with Gasteiger partial charge in [0.2, 0.25) is 0 Å². The zero-order valence-corrected chi connectivity index (χ0v) is 16.2. The summed E-state index contributed by atoms with van der Waals surface area (Å²) < 4.78 is 11.3. The van der Waals surface area contributed by atoms with Crippen LogP contribution in [-0.2, 0) is 9.59 Å². The molecule has 3 aromatic carbocycles. The molecular formula is C23H22N2O4. The summed E-state index contributed by atoms with van der Waals surface area (Å²) in [4.78, 5) is 24.5.